The Labute approximate surface area is 103 Å². The van der Waals surface area contributed by atoms with Crippen molar-refractivity contribution in [2.24, 2.45) is 0 Å². The fourth-order valence-electron chi connectivity index (χ4n) is 1.94. The highest BCUT2D eigenvalue weighted by Gasteiger charge is 2.27. The Kier molecular flexibility index (Phi) is 2.41. The zero-order valence-electron chi connectivity index (χ0n) is 9.37. The van der Waals surface area contributed by atoms with Crippen LogP contribution >= 0.6 is 0 Å². The summed E-state index contributed by atoms with van der Waals surface area (Å²) in [6.07, 6.45) is -1.32. The monoisotopic (exact) mass is 242 g/mol. The molecule has 0 amide bonds. The van der Waals surface area contributed by atoms with Crippen LogP contribution in [0.5, 0.6) is 11.5 Å². The van der Waals surface area contributed by atoms with E-state index in [0.717, 1.165) is 11.1 Å². The van der Waals surface area contributed by atoms with Gasteiger partial charge in [0.25, 0.3) is 0 Å². The topological polar surface area (TPSA) is 55.8 Å². The van der Waals surface area contributed by atoms with Gasteiger partial charge in [0.05, 0.1) is 0 Å². The van der Waals surface area contributed by atoms with Crippen molar-refractivity contribution >= 4 is 5.97 Å². The second kappa shape index (κ2) is 4.07. The molecular weight excluding hydrogens is 232 g/mol. The highest BCUT2D eigenvalue weighted by Crippen LogP contribution is 2.39. The number of carbonyl (C=O) groups is 1. The lowest BCUT2D eigenvalue weighted by Crippen LogP contribution is -2.32. The summed E-state index contributed by atoms with van der Waals surface area (Å²) in [7, 11) is 0. The van der Waals surface area contributed by atoms with Crippen LogP contribution in [0.3, 0.4) is 0 Å². The maximum Gasteiger partial charge on any atom is 0.387 e. The molecule has 0 saturated carbocycles. The minimum absolute atomic E-state index is 0.509. The van der Waals surface area contributed by atoms with Gasteiger partial charge in [-0.3, -0.25) is 0 Å². The van der Waals surface area contributed by atoms with Crippen molar-refractivity contribution in [3.63, 3.8) is 0 Å². The Morgan fingerprint density at radius 2 is 1.33 bits per heavy atom. The zero-order chi connectivity index (χ0) is 12.5. The van der Waals surface area contributed by atoms with Gasteiger partial charge in [-0.05, 0) is 12.1 Å². The fourth-order valence-corrected chi connectivity index (χ4v) is 1.94. The number of hydrogen-bond donors (Lipinski definition) is 1. The van der Waals surface area contributed by atoms with E-state index in [2.05, 4.69) is 0 Å². The van der Waals surface area contributed by atoms with Crippen molar-refractivity contribution in [1.82, 2.24) is 0 Å². The first-order valence-corrected chi connectivity index (χ1v) is 5.50. The molecule has 2 aromatic carbocycles. The summed E-state index contributed by atoms with van der Waals surface area (Å²) >= 11 is 0. The fraction of sp³-hybridized carbons (Fsp3) is 0.0714. The normalized spacial score (nSPS) is 13.6. The lowest BCUT2D eigenvalue weighted by atomic mass is 10.0. The van der Waals surface area contributed by atoms with Gasteiger partial charge in [0, 0.05) is 11.1 Å². The molecule has 18 heavy (non-hydrogen) atoms. The van der Waals surface area contributed by atoms with E-state index in [0.29, 0.717) is 11.5 Å². The maximum atomic E-state index is 11.1. The van der Waals surface area contributed by atoms with Gasteiger partial charge in [-0.25, -0.2) is 4.79 Å². The maximum absolute atomic E-state index is 11.1. The van der Waals surface area contributed by atoms with Crippen molar-refractivity contribution in [1.29, 1.82) is 0 Å². The van der Waals surface area contributed by atoms with E-state index < -0.39 is 12.3 Å². The van der Waals surface area contributed by atoms with E-state index >= 15 is 0 Å². The highest BCUT2D eigenvalue weighted by molar-refractivity contribution is 5.79. The van der Waals surface area contributed by atoms with Gasteiger partial charge in [-0.2, -0.15) is 0 Å². The van der Waals surface area contributed by atoms with Gasteiger partial charge in [-0.15, -0.1) is 0 Å². The van der Waals surface area contributed by atoms with Crippen LogP contribution in [0.4, 0.5) is 0 Å². The Morgan fingerprint density at radius 3 is 1.78 bits per heavy atom. The predicted octanol–water partition coefficient (Wildman–Crippen LogP) is 2.54. The Morgan fingerprint density at radius 1 is 0.889 bits per heavy atom. The first-order chi connectivity index (χ1) is 8.75. The third-order valence-corrected chi connectivity index (χ3v) is 2.73. The van der Waals surface area contributed by atoms with E-state index in [1.165, 1.54) is 0 Å². The van der Waals surface area contributed by atoms with Crippen molar-refractivity contribution in [2.75, 3.05) is 0 Å². The predicted molar refractivity (Wildman–Crippen MR) is 64.6 cm³/mol. The number of carboxylic acid groups (broad SMARTS) is 1. The average Bonchev–Trinajstić information content (AvgIpc) is 2.55. The lowest BCUT2D eigenvalue weighted by molar-refractivity contribution is -0.158. The number of benzene rings is 2. The SMILES string of the molecule is O=C(O)C1Oc2ccccc2-c2ccccc2O1. The Bertz CT molecular complexity index is 559. The second-order valence-electron chi connectivity index (χ2n) is 3.90. The lowest BCUT2D eigenvalue weighted by Gasteiger charge is -2.13. The summed E-state index contributed by atoms with van der Waals surface area (Å²) < 4.78 is 10.8. The van der Waals surface area contributed by atoms with E-state index in [1.54, 1.807) is 24.3 Å². The van der Waals surface area contributed by atoms with Crippen LogP contribution in [0.1, 0.15) is 0 Å². The molecule has 1 N–H and O–H groups in total. The van der Waals surface area contributed by atoms with Crippen molar-refractivity contribution in [2.45, 2.75) is 6.29 Å². The first-order valence-electron chi connectivity index (χ1n) is 5.50. The van der Waals surface area contributed by atoms with Crippen LogP contribution in [0, 0.1) is 0 Å². The van der Waals surface area contributed by atoms with Gasteiger partial charge in [0.15, 0.2) is 0 Å². The number of para-hydroxylation sites is 2. The van der Waals surface area contributed by atoms with Gasteiger partial charge in [-0.1, -0.05) is 36.4 Å². The molecule has 0 atom stereocenters. The number of rotatable bonds is 1. The van der Waals surface area contributed by atoms with Crippen LogP contribution in [-0.4, -0.2) is 17.4 Å². The summed E-state index contributed by atoms with van der Waals surface area (Å²) in [5.41, 5.74) is 1.66. The van der Waals surface area contributed by atoms with Gasteiger partial charge in [0.2, 0.25) is 0 Å². The quantitative estimate of drug-likeness (QED) is 0.834. The average molecular weight is 242 g/mol. The second-order valence-corrected chi connectivity index (χ2v) is 3.90. The number of aliphatic carboxylic acids is 1. The number of fused-ring (bicyclic) bond motifs is 3. The minimum atomic E-state index is -1.32. The van der Waals surface area contributed by atoms with E-state index in [-0.39, 0.29) is 0 Å². The summed E-state index contributed by atoms with van der Waals surface area (Å²) in [4.78, 5) is 11.1. The van der Waals surface area contributed by atoms with Crippen LogP contribution in [0.15, 0.2) is 48.5 Å². The molecule has 0 radical (unpaired) electrons. The standard InChI is InChI=1S/C14H10O4/c15-13(16)14-17-11-7-3-1-5-9(11)10-6-2-4-8-12(10)18-14/h1-8,14H,(H,15,16). The molecule has 1 aliphatic heterocycles. The molecule has 4 heteroatoms. The Hall–Kier alpha value is -2.49. The molecule has 0 fully saturated rings. The van der Waals surface area contributed by atoms with Gasteiger partial charge < -0.3 is 14.6 Å². The molecule has 0 bridgehead atoms. The largest absolute Gasteiger partial charge is 0.476 e. The van der Waals surface area contributed by atoms with Gasteiger partial charge in [0.1, 0.15) is 11.5 Å². The van der Waals surface area contributed by atoms with Crippen molar-refractivity contribution in [3.05, 3.63) is 48.5 Å². The molecule has 2 aromatic rings. The van der Waals surface area contributed by atoms with Crippen LogP contribution in [-0.2, 0) is 4.79 Å². The minimum Gasteiger partial charge on any atom is -0.476 e. The van der Waals surface area contributed by atoms with E-state index in [4.69, 9.17) is 14.6 Å². The van der Waals surface area contributed by atoms with Crippen LogP contribution in [0.2, 0.25) is 0 Å². The highest BCUT2D eigenvalue weighted by atomic mass is 16.7. The smallest absolute Gasteiger partial charge is 0.387 e. The zero-order valence-corrected chi connectivity index (χ0v) is 9.37. The summed E-state index contributed by atoms with van der Waals surface area (Å²) in [6, 6.07) is 14.6. The molecule has 1 heterocycles. The molecule has 1 aliphatic rings. The number of ether oxygens (including phenoxy) is 2. The molecular formula is C14H10O4. The third kappa shape index (κ3) is 1.68. The third-order valence-electron chi connectivity index (χ3n) is 2.73. The molecule has 0 unspecified atom stereocenters. The molecule has 0 aliphatic carbocycles. The molecule has 0 aromatic heterocycles. The number of hydrogen-bond acceptors (Lipinski definition) is 3. The number of carboxylic acids is 1. The molecule has 4 nitrogen and oxygen atoms in total. The summed E-state index contributed by atoms with van der Waals surface area (Å²) in [5.74, 6) is -0.133. The van der Waals surface area contributed by atoms with Crippen LogP contribution in [0.25, 0.3) is 11.1 Å². The molecule has 3 rings (SSSR count). The van der Waals surface area contributed by atoms with Crippen molar-refractivity contribution < 1.29 is 19.4 Å². The van der Waals surface area contributed by atoms with Gasteiger partial charge >= 0.3 is 12.3 Å². The summed E-state index contributed by atoms with van der Waals surface area (Å²) in [5, 5.41) is 9.06. The van der Waals surface area contributed by atoms with Crippen molar-refractivity contribution in [3.8, 4) is 22.6 Å². The van der Waals surface area contributed by atoms with E-state index in [9.17, 15) is 4.79 Å². The molecule has 90 valence electrons. The molecule has 0 saturated heterocycles. The molecule has 0 spiro atoms. The first kappa shape index (κ1) is 10.7. The van der Waals surface area contributed by atoms with Crippen LogP contribution < -0.4 is 9.47 Å². The Balaban J connectivity index is 2.21. The summed E-state index contributed by atoms with van der Waals surface area (Å²) in [6.45, 7) is 0. The van der Waals surface area contributed by atoms with E-state index in [1.807, 2.05) is 24.3 Å².